The minimum absolute atomic E-state index is 0.0560. The molecule has 1 fully saturated rings. The van der Waals surface area contributed by atoms with Crippen molar-refractivity contribution in [3.05, 3.63) is 29.6 Å². The Labute approximate surface area is 120 Å². The van der Waals surface area contributed by atoms with E-state index in [1.54, 1.807) is 17.8 Å². The van der Waals surface area contributed by atoms with E-state index in [4.69, 9.17) is 0 Å². The Hall–Kier alpha value is -0.540. The summed E-state index contributed by atoms with van der Waals surface area (Å²) >= 11 is 1.72. The first-order chi connectivity index (χ1) is 9.20. The summed E-state index contributed by atoms with van der Waals surface area (Å²) in [4.78, 5) is 0.818. The van der Waals surface area contributed by atoms with Gasteiger partial charge >= 0.3 is 0 Å². The molecule has 0 amide bonds. The summed E-state index contributed by atoms with van der Waals surface area (Å²) in [6.45, 7) is 5.21. The van der Waals surface area contributed by atoms with Crippen LogP contribution >= 0.6 is 11.8 Å². The maximum Gasteiger partial charge on any atom is 0.137 e. The van der Waals surface area contributed by atoms with E-state index < -0.39 is 0 Å². The van der Waals surface area contributed by atoms with Crippen LogP contribution < -0.4 is 5.32 Å². The first-order valence-corrected chi connectivity index (χ1v) is 8.28. The second-order valence-corrected chi connectivity index (χ2v) is 6.73. The molecule has 1 aliphatic carbocycles. The van der Waals surface area contributed by atoms with Crippen LogP contribution in [0.1, 0.15) is 57.6 Å². The molecule has 1 aromatic rings. The molecule has 2 rings (SSSR count). The first-order valence-electron chi connectivity index (χ1n) is 7.40. The quantitative estimate of drug-likeness (QED) is 0.794. The highest BCUT2D eigenvalue weighted by Crippen LogP contribution is 2.36. The van der Waals surface area contributed by atoms with E-state index >= 15 is 0 Å². The van der Waals surface area contributed by atoms with E-state index in [1.807, 2.05) is 6.07 Å². The molecule has 0 aromatic heterocycles. The van der Waals surface area contributed by atoms with Crippen molar-refractivity contribution in [1.29, 1.82) is 0 Å². The predicted molar refractivity (Wildman–Crippen MR) is 81.2 cm³/mol. The van der Waals surface area contributed by atoms with Crippen LogP contribution in [0.15, 0.2) is 23.1 Å². The Bertz CT molecular complexity index is 402. The topological polar surface area (TPSA) is 12.0 Å². The van der Waals surface area contributed by atoms with Gasteiger partial charge in [0.1, 0.15) is 5.82 Å². The zero-order valence-corrected chi connectivity index (χ0v) is 12.7. The van der Waals surface area contributed by atoms with Crippen LogP contribution in [-0.2, 0) is 0 Å². The van der Waals surface area contributed by atoms with Gasteiger partial charge in [0.15, 0.2) is 0 Å². The van der Waals surface area contributed by atoms with Gasteiger partial charge in [-0.1, -0.05) is 25.8 Å². The molecule has 0 saturated heterocycles. The van der Waals surface area contributed by atoms with Gasteiger partial charge in [-0.2, -0.15) is 0 Å². The molecule has 0 spiro atoms. The maximum absolute atomic E-state index is 14.1. The largest absolute Gasteiger partial charge is 0.310 e. The van der Waals surface area contributed by atoms with Crippen LogP contribution in [0.5, 0.6) is 0 Å². The maximum atomic E-state index is 14.1. The van der Waals surface area contributed by atoms with Gasteiger partial charge in [0.05, 0.1) is 0 Å². The van der Waals surface area contributed by atoms with Crippen LogP contribution in [0, 0.1) is 5.82 Å². The highest BCUT2D eigenvalue weighted by molar-refractivity contribution is 8.00. The minimum atomic E-state index is -0.0560. The van der Waals surface area contributed by atoms with Crippen molar-refractivity contribution in [2.75, 3.05) is 6.54 Å². The number of rotatable bonds is 6. The molecule has 19 heavy (non-hydrogen) atoms. The molecule has 1 N–H and O–H groups in total. The van der Waals surface area contributed by atoms with Gasteiger partial charge in [0, 0.05) is 16.2 Å². The van der Waals surface area contributed by atoms with Crippen molar-refractivity contribution in [1.82, 2.24) is 5.32 Å². The van der Waals surface area contributed by atoms with Crippen LogP contribution in [0.25, 0.3) is 0 Å². The zero-order valence-electron chi connectivity index (χ0n) is 11.9. The normalized spacial score (nSPS) is 17.8. The third kappa shape index (κ3) is 4.22. The average molecular weight is 281 g/mol. The Morgan fingerprint density at radius 2 is 2.11 bits per heavy atom. The molecule has 1 unspecified atom stereocenters. The number of hydrogen-bond donors (Lipinski definition) is 1. The van der Waals surface area contributed by atoms with E-state index in [-0.39, 0.29) is 11.9 Å². The van der Waals surface area contributed by atoms with Crippen molar-refractivity contribution >= 4 is 11.8 Å². The van der Waals surface area contributed by atoms with E-state index in [0.717, 1.165) is 23.4 Å². The predicted octanol–water partition coefficient (Wildman–Crippen LogP) is 4.92. The summed E-state index contributed by atoms with van der Waals surface area (Å²) in [5.41, 5.74) is 1.04. The van der Waals surface area contributed by atoms with Gasteiger partial charge in [0.2, 0.25) is 0 Å². The molecule has 0 heterocycles. The van der Waals surface area contributed by atoms with E-state index in [1.165, 1.54) is 25.7 Å². The summed E-state index contributed by atoms with van der Waals surface area (Å²) < 4.78 is 14.1. The summed E-state index contributed by atoms with van der Waals surface area (Å²) in [6.07, 6.45) is 6.17. The smallest absolute Gasteiger partial charge is 0.137 e. The van der Waals surface area contributed by atoms with Gasteiger partial charge in [-0.3, -0.25) is 0 Å². The third-order valence-corrected chi connectivity index (χ3v) is 5.14. The minimum Gasteiger partial charge on any atom is -0.310 e. The van der Waals surface area contributed by atoms with Crippen LogP contribution in [0.4, 0.5) is 4.39 Å². The van der Waals surface area contributed by atoms with Crippen LogP contribution in [0.3, 0.4) is 0 Å². The Kier molecular flexibility index (Phi) is 5.71. The SMILES string of the molecule is CCCNC(C)c1ccc(SC2CCCC2)c(F)c1. The summed E-state index contributed by atoms with van der Waals surface area (Å²) in [6, 6.07) is 5.94. The molecular weight excluding hydrogens is 257 g/mol. The van der Waals surface area contributed by atoms with Crippen molar-refractivity contribution in [3.63, 3.8) is 0 Å². The number of halogens is 1. The Balaban J connectivity index is 1.99. The molecule has 1 atom stereocenters. The lowest BCUT2D eigenvalue weighted by molar-refractivity contribution is 0.556. The fraction of sp³-hybridized carbons (Fsp3) is 0.625. The highest BCUT2D eigenvalue weighted by Gasteiger charge is 2.18. The Morgan fingerprint density at radius 1 is 1.37 bits per heavy atom. The lowest BCUT2D eigenvalue weighted by atomic mass is 10.1. The van der Waals surface area contributed by atoms with E-state index in [9.17, 15) is 4.39 Å². The number of hydrogen-bond acceptors (Lipinski definition) is 2. The summed E-state index contributed by atoms with van der Waals surface area (Å²) in [5, 5.41) is 4.02. The van der Waals surface area contributed by atoms with E-state index in [2.05, 4.69) is 25.2 Å². The van der Waals surface area contributed by atoms with Crippen LogP contribution in [-0.4, -0.2) is 11.8 Å². The standard InChI is InChI=1S/C16H24FNS/c1-3-10-18-12(2)13-8-9-16(15(17)11-13)19-14-6-4-5-7-14/h8-9,11-12,14,18H,3-7,10H2,1-2H3. The zero-order chi connectivity index (χ0) is 13.7. The van der Waals surface area contributed by atoms with Gasteiger partial charge in [-0.05, 0) is 50.4 Å². The second-order valence-electron chi connectivity index (χ2n) is 5.39. The highest BCUT2D eigenvalue weighted by atomic mass is 32.2. The molecular formula is C16H24FNS. The molecule has 0 bridgehead atoms. The van der Waals surface area contributed by atoms with Crippen molar-refractivity contribution in [2.24, 2.45) is 0 Å². The summed E-state index contributed by atoms with van der Waals surface area (Å²) in [5.74, 6) is -0.0560. The molecule has 1 aliphatic rings. The molecule has 0 radical (unpaired) electrons. The number of nitrogens with one attached hydrogen (secondary N) is 1. The molecule has 106 valence electrons. The molecule has 1 saturated carbocycles. The van der Waals surface area contributed by atoms with E-state index in [0.29, 0.717) is 5.25 Å². The Morgan fingerprint density at radius 3 is 2.74 bits per heavy atom. The molecule has 3 heteroatoms. The van der Waals surface area contributed by atoms with Gasteiger partial charge < -0.3 is 5.32 Å². The van der Waals surface area contributed by atoms with Gasteiger partial charge in [-0.25, -0.2) is 4.39 Å². The third-order valence-electron chi connectivity index (χ3n) is 3.75. The lowest BCUT2D eigenvalue weighted by Gasteiger charge is -2.15. The van der Waals surface area contributed by atoms with Gasteiger partial charge in [0.25, 0.3) is 0 Å². The van der Waals surface area contributed by atoms with Crippen LogP contribution in [0.2, 0.25) is 0 Å². The van der Waals surface area contributed by atoms with Crippen molar-refractivity contribution in [2.45, 2.75) is 62.1 Å². The second kappa shape index (κ2) is 7.30. The summed E-state index contributed by atoms with van der Waals surface area (Å²) in [7, 11) is 0. The lowest BCUT2D eigenvalue weighted by Crippen LogP contribution is -2.19. The monoisotopic (exact) mass is 281 g/mol. The van der Waals surface area contributed by atoms with Gasteiger partial charge in [-0.15, -0.1) is 11.8 Å². The average Bonchev–Trinajstić information content (AvgIpc) is 2.91. The fourth-order valence-corrected chi connectivity index (χ4v) is 3.79. The van der Waals surface area contributed by atoms with Crippen molar-refractivity contribution < 1.29 is 4.39 Å². The molecule has 1 nitrogen and oxygen atoms in total. The van der Waals surface area contributed by atoms with Crippen molar-refractivity contribution in [3.8, 4) is 0 Å². The number of thioether (sulfide) groups is 1. The molecule has 1 aromatic carbocycles. The first kappa shape index (κ1) is 14.9. The number of benzene rings is 1. The fourth-order valence-electron chi connectivity index (χ4n) is 2.55. The molecule has 0 aliphatic heterocycles.